The van der Waals surface area contributed by atoms with Crippen molar-refractivity contribution >= 4 is 15.8 Å². The molecule has 86 valence electrons. The zero-order chi connectivity index (χ0) is 11.5. The van der Waals surface area contributed by atoms with E-state index in [4.69, 9.17) is 5.14 Å². The molecule has 5 heteroatoms. The van der Waals surface area contributed by atoms with Crippen LogP contribution in [0.15, 0.2) is 0 Å². The third kappa shape index (κ3) is 1.36. The van der Waals surface area contributed by atoms with E-state index in [0.717, 1.165) is 6.42 Å². The number of carbonyl (C=O) groups excluding carboxylic acids is 1. The Bertz CT molecular complexity index is 412. The summed E-state index contributed by atoms with van der Waals surface area (Å²) in [7, 11) is -3.58. The quantitative estimate of drug-likeness (QED) is 0.758. The fraction of sp³-hybridized carbons (Fsp3) is 0.900. The first kappa shape index (κ1) is 11.1. The summed E-state index contributed by atoms with van der Waals surface area (Å²) in [4.78, 5) is 11.9. The third-order valence-corrected chi connectivity index (χ3v) is 5.48. The lowest BCUT2D eigenvalue weighted by Gasteiger charge is -2.35. The zero-order valence-electron chi connectivity index (χ0n) is 9.12. The first-order valence-corrected chi connectivity index (χ1v) is 6.94. The lowest BCUT2D eigenvalue weighted by Crippen LogP contribution is -2.43. The minimum Gasteiger partial charge on any atom is -0.299 e. The first-order valence-electron chi connectivity index (χ1n) is 5.23. The summed E-state index contributed by atoms with van der Waals surface area (Å²) in [5.41, 5.74) is -0.915. The molecule has 0 aromatic carbocycles. The second-order valence-electron chi connectivity index (χ2n) is 5.47. The van der Waals surface area contributed by atoms with Gasteiger partial charge in [-0.05, 0) is 24.2 Å². The summed E-state index contributed by atoms with van der Waals surface area (Å²) in [5.74, 6) is 0.257. The van der Waals surface area contributed by atoms with Gasteiger partial charge < -0.3 is 0 Å². The molecular weight excluding hydrogens is 214 g/mol. The molecule has 2 atom stereocenters. The van der Waals surface area contributed by atoms with Crippen LogP contribution in [0.4, 0.5) is 0 Å². The highest BCUT2D eigenvalue weighted by Gasteiger charge is 2.65. The van der Waals surface area contributed by atoms with Gasteiger partial charge in [-0.25, -0.2) is 13.6 Å². The number of hydrogen-bond acceptors (Lipinski definition) is 3. The number of sulfonamides is 1. The normalized spacial score (nSPS) is 38.6. The van der Waals surface area contributed by atoms with E-state index in [2.05, 4.69) is 0 Å². The molecule has 0 heterocycles. The van der Waals surface area contributed by atoms with Crippen LogP contribution in [0.3, 0.4) is 0 Å². The first-order chi connectivity index (χ1) is 6.69. The SMILES string of the molecule is CC1(C)[C@H]2CC[C@@]1(CS(N)(=O)=O)C(=O)C2. The molecule has 15 heavy (non-hydrogen) atoms. The van der Waals surface area contributed by atoms with Gasteiger partial charge in [-0.1, -0.05) is 13.8 Å². The molecule has 2 bridgehead atoms. The van der Waals surface area contributed by atoms with Crippen molar-refractivity contribution in [2.75, 3.05) is 5.75 Å². The predicted molar refractivity (Wildman–Crippen MR) is 56.5 cm³/mol. The van der Waals surface area contributed by atoms with E-state index in [9.17, 15) is 13.2 Å². The van der Waals surface area contributed by atoms with Crippen molar-refractivity contribution in [2.45, 2.75) is 33.1 Å². The van der Waals surface area contributed by atoms with E-state index in [0.29, 0.717) is 18.8 Å². The maximum absolute atomic E-state index is 11.9. The molecule has 0 saturated heterocycles. The Kier molecular flexibility index (Phi) is 2.09. The van der Waals surface area contributed by atoms with Gasteiger partial charge in [0, 0.05) is 11.8 Å². The van der Waals surface area contributed by atoms with Crippen LogP contribution in [0, 0.1) is 16.7 Å². The standard InChI is InChI=1S/C10H17NO3S/c1-9(2)7-3-4-10(9,8(12)5-7)6-15(11,13)14/h7H,3-6H2,1-2H3,(H2,11,13,14)/t7-,10+/m0/s1. The van der Waals surface area contributed by atoms with Gasteiger partial charge in [0.1, 0.15) is 5.78 Å². The number of fused-ring (bicyclic) bond motifs is 2. The van der Waals surface area contributed by atoms with E-state index < -0.39 is 15.4 Å². The fourth-order valence-electron chi connectivity index (χ4n) is 3.45. The van der Waals surface area contributed by atoms with Crippen LogP contribution in [-0.4, -0.2) is 20.0 Å². The summed E-state index contributed by atoms with van der Waals surface area (Å²) < 4.78 is 22.5. The second-order valence-corrected chi connectivity index (χ2v) is 7.09. The lowest BCUT2D eigenvalue weighted by molar-refractivity contribution is -0.128. The number of primary sulfonamides is 1. The van der Waals surface area contributed by atoms with Crippen molar-refractivity contribution in [3.8, 4) is 0 Å². The van der Waals surface area contributed by atoms with Gasteiger partial charge in [-0.3, -0.25) is 4.79 Å². The van der Waals surface area contributed by atoms with Gasteiger partial charge in [0.15, 0.2) is 0 Å². The number of ketones is 1. The average molecular weight is 231 g/mol. The van der Waals surface area contributed by atoms with Gasteiger partial charge in [0.2, 0.25) is 10.0 Å². The molecule has 2 saturated carbocycles. The molecule has 2 N–H and O–H groups in total. The van der Waals surface area contributed by atoms with E-state index in [1.54, 1.807) is 0 Å². The van der Waals surface area contributed by atoms with Gasteiger partial charge >= 0.3 is 0 Å². The number of hydrogen-bond donors (Lipinski definition) is 1. The van der Waals surface area contributed by atoms with E-state index in [1.807, 2.05) is 13.8 Å². The van der Waals surface area contributed by atoms with Crippen LogP contribution in [-0.2, 0) is 14.8 Å². The second kappa shape index (κ2) is 2.83. The van der Waals surface area contributed by atoms with E-state index >= 15 is 0 Å². The number of carbonyl (C=O) groups is 1. The Morgan fingerprint density at radius 2 is 2.07 bits per heavy atom. The minimum atomic E-state index is -3.58. The van der Waals surface area contributed by atoms with Crippen LogP contribution in [0.25, 0.3) is 0 Å². The highest BCUT2D eigenvalue weighted by Crippen LogP contribution is 2.64. The maximum Gasteiger partial charge on any atom is 0.210 e. The Hall–Kier alpha value is -0.420. The molecule has 0 aromatic rings. The van der Waals surface area contributed by atoms with Gasteiger partial charge in [-0.15, -0.1) is 0 Å². The van der Waals surface area contributed by atoms with Crippen molar-refractivity contribution < 1.29 is 13.2 Å². The summed E-state index contributed by atoms with van der Waals surface area (Å²) in [6, 6.07) is 0. The van der Waals surface area contributed by atoms with Crippen molar-refractivity contribution in [1.82, 2.24) is 0 Å². The smallest absolute Gasteiger partial charge is 0.210 e. The topological polar surface area (TPSA) is 77.2 Å². The van der Waals surface area contributed by atoms with Crippen LogP contribution >= 0.6 is 0 Å². The predicted octanol–water partition coefficient (Wildman–Crippen LogP) is 0.670. The largest absolute Gasteiger partial charge is 0.299 e. The number of Topliss-reactive ketones (excluding diaryl/α,β-unsaturated/α-hetero) is 1. The molecule has 2 rings (SSSR count). The molecular formula is C10H17NO3S. The van der Waals surface area contributed by atoms with Crippen LogP contribution in [0.5, 0.6) is 0 Å². The Morgan fingerprint density at radius 1 is 1.47 bits per heavy atom. The van der Waals surface area contributed by atoms with Crippen LogP contribution in [0.1, 0.15) is 33.1 Å². The van der Waals surface area contributed by atoms with Crippen molar-refractivity contribution in [1.29, 1.82) is 0 Å². The van der Waals surface area contributed by atoms with Crippen molar-refractivity contribution in [3.05, 3.63) is 0 Å². The Labute approximate surface area is 90.3 Å². The highest BCUT2D eigenvalue weighted by molar-refractivity contribution is 7.89. The summed E-state index contributed by atoms with van der Waals surface area (Å²) >= 11 is 0. The molecule has 2 fully saturated rings. The monoisotopic (exact) mass is 231 g/mol. The van der Waals surface area contributed by atoms with Crippen LogP contribution in [0.2, 0.25) is 0 Å². The highest BCUT2D eigenvalue weighted by atomic mass is 32.2. The summed E-state index contributed by atoms with van der Waals surface area (Å²) in [6.45, 7) is 4.00. The van der Waals surface area contributed by atoms with Gasteiger partial charge in [-0.2, -0.15) is 0 Å². The third-order valence-electron chi connectivity index (χ3n) is 4.59. The molecule has 2 aliphatic carbocycles. The summed E-state index contributed by atoms with van der Waals surface area (Å²) in [6.07, 6.45) is 2.16. The minimum absolute atomic E-state index is 0.0952. The van der Waals surface area contributed by atoms with E-state index in [-0.39, 0.29) is 17.0 Å². The number of rotatable bonds is 2. The maximum atomic E-state index is 11.9. The van der Waals surface area contributed by atoms with Gasteiger partial charge in [0.05, 0.1) is 5.75 Å². The Morgan fingerprint density at radius 3 is 2.40 bits per heavy atom. The molecule has 0 unspecified atom stereocenters. The molecule has 0 amide bonds. The molecule has 0 radical (unpaired) electrons. The molecule has 0 aliphatic heterocycles. The average Bonchev–Trinajstić information content (AvgIpc) is 2.34. The zero-order valence-corrected chi connectivity index (χ0v) is 9.93. The van der Waals surface area contributed by atoms with Crippen molar-refractivity contribution in [3.63, 3.8) is 0 Å². The van der Waals surface area contributed by atoms with Crippen LogP contribution < -0.4 is 5.14 Å². The fourth-order valence-corrected chi connectivity index (χ4v) is 4.82. The summed E-state index contributed by atoms with van der Waals surface area (Å²) in [5, 5.41) is 5.10. The number of nitrogens with two attached hydrogens (primary N) is 1. The van der Waals surface area contributed by atoms with Crippen molar-refractivity contribution in [2.24, 2.45) is 21.9 Å². The molecule has 2 aliphatic rings. The van der Waals surface area contributed by atoms with Gasteiger partial charge in [0.25, 0.3) is 0 Å². The van der Waals surface area contributed by atoms with E-state index in [1.165, 1.54) is 0 Å². The molecule has 4 nitrogen and oxygen atoms in total. The molecule has 0 spiro atoms. The molecule has 0 aromatic heterocycles. The Balaban J connectivity index is 2.45. The lowest BCUT2D eigenvalue weighted by atomic mass is 9.70.